The summed E-state index contributed by atoms with van der Waals surface area (Å²) in [7, 11) is 0. The van der Waals surface area contributed by atoms with Gasteiger partial charge in [0.05, 0.1) is 17.7 Å². The van der Waals surface area contributed by atoms with Gasteiger partial charge in [0.2, 0.25) is 5.78 Å². The van der Waals surface area contributed by atoms with Gasteiger partial charge in [-0.2, -0.15) is 11.8 Å². The van der Waals surface area contributed by atoms with Crippen molar-refractivity contribution in [2.24, 2.45) is 0 Å². The van der Waals surface area contributed by atoms with Crippen LogP contribution in [0.15, 0.2) is 30.3 Å². The molecule has 0 saturated heterocycles. The lowest BCUT2D eigenvalue weighted by Crippen LogP contribution is -2.42. The fraction of sp³-hybridized carbons (Fsp3) is 0.273. The van der Waals surface area contributed by atoms with Crippen molar-refractivity contribution < 1.29 is 34.1 Å². The van der Waals surface area contributed by atoms with Gasteiger partial charge in [0, 0.05) is 16.7 Å². The third-order valence-electron chi connectivity index (χ3n) is 4.85. The summed E-state index contributed by atoms with van der Waals surface area (Å²) in [6.45, 7) is 1.82. The predicted molar refractivity (Wildman–Crippen MR) is 114 cm³/mol. The van der Waals surface area contributed by atoms with Gasteiger partial charge >= 0.3 is 5.97 Å². The van der Waals surface area contributed by atoms with E-state index in [2.05, 4.69) is 5.32 Å². The molecule has 9 heteroatoms. The van der Waals surface area contributed by atoms with E-state index in [-0.39, 0.29) is 40.2 Å². The van der Waals surface area contributed by atoms with Crippen LogP contribution in [0.4, 0.5) is 0 Å². The standard InChI is InChI=1S/C22H21NO7S/c1-3-30-22(29)14(7-8-31-2)23-21(28)11-9-13-18(16(25)10-11)20(27)17-12(19(13)26)5-4-6-15(17)24/h4-6,9-10,14,24-25H,3,7-8H2,1-2H3,(H,23,28)/t14-/m0/s1. The maximum absolute atomic E-state index is 12.9. The number of fused-ring (bicyclic) bond motifs is 2. The lowest BCUT2D eigenvalue weighted by molar-refractivity contribution is -0.145. The summed E-state index contributed by atoms with van der Waals surface area (Å²) in [4.78, 5) is 50.6. The van der Waals surface area contributed by atoms with Crippen molar-refractivity contribution in [2.45, 2.75) is 19.4 Å². The molecule has 1 aliphatic carbocycles. The molecule has 0 spiro atoms. The van der Waals surface area contributed by atoms with Gasteiger partial charge < -0.3 is 20.3 Å². The lowest BCUT2D eigenvalue weighted by Gasteiger charge is -2.21. The van der Waals surface area contributed by atoms with Crippen LogP contribution >= 0.6 is 11.8 Å². The fourth-order valence-electron chi connectivity index (χ4n) is 3.38. The molecule has 0 fully saturated rings. The molecular weight excluding hydrogens is 422 g/mol. The van der Waals surface area contributed by atoms with E-state index in [1.807, 2.05) is 6.26 Å². The molecule has 0 heterocycles. The molecular formula is C22H21NO7S. The van der Waals surface area contributed by atoms with E-state index in [1.165, 1.54) is 36.0 Å². The van der Waals surface area contributed by atoms with Crippen molar-refractivity contribution in [3.63, 3.8) is 0 Å². The number of phenols is 2. The van der Waals surface area contributed by atoms with Crippen LogP contribution in [0.2, 0.25) is 0 Å². The third-order valence-corrected chi connectivity index (χ3v) is 5.50. The summed E-state index contributed by atoms with van der Waals surface area (Å²) in [6.07, 6.45) is 2.20. The molecule has 1 atom stereocenters. The van der Waals surface area contributed by atoms with Crippen LogP contribution in [-0.4, -0.2) is 58.3 Å². The number of rotatable bonds is 7. The minimum Gasteiger partial charge on any atom is -0.507 e. The second-order valence-corrected chi connectivity index (χ2v) is 7.82. The molecule has 0 bridgehead atoms. The van der Waals surface area contributed by atoms with Crippen molar-refractivity contribution in [3.05, 3.63) is 58.1 Å². The number of hydrogen-bond donors (Lipinski definition) is 3. The summed E-state index contributed by atoms with van der Waals surface area (Å²) in [5, 5.41) is 23.0. The van der Waals surface area contributed by atoms with Gasteiger partial charge in [-0.05, 0) is 43.6 Å². The number of ketones is 2. The smallest absolute Gasteiger partial charge is 0.328 e. The van der Waals surface area contributed by atoms with Gasteiger partial charge in [-0.25, -0.2) is 4.79 Å². The van der Waals surface area contributed by atoms with Gasteiger partial charge in [-0.1, -0.05) is 12.1 Å². The Morgan fingerprint density at radius 2 is 1.77 bits per heavy atom. The van der Waals surface area contributed by atoms with Crippen LogP contribution in [0.3, 0.4) is 0 Å². The van der Waals surface area contributed by atoms with Gasteiger partial charge in [0.1, 0.15) is 17.5 Å². The molecule has 8 nitrogen and oxygen atoms in total. The van der Waals surface area contributed by atoms with Gasteiger partial charge in [-0.3, -0.25) is 14.4 Å². The van der Waals surface area contributed by atoms with Gasteiger partial charge in [0.15, 0.2) is 5.78 Å². The predicted octanol–water partition coefficient (Wildman–Crippen LogP) is 2.29. The Labute approximate surface area is 182 Å². The Bertz CT molecular complexity index is 1080. The largest absolute Gasteiger partial charge is 0.507 e. The third kappa shape index (κ3) is 4.27. The molecule has 2 aromatic carbocycles. The number of ether oxygens (including phenoxy) is 1. The quantitative estimate of drug-likeness (QED) is 0.474. The number of carbonyl (C=O) groups is 4. The number of nitrogens with one attached hydrogen (secondary N) is 1. The summed E-state index contributed by atoms with van der Waals surface area (Å²) in [6, 6.07) is 5.46. The molecule has 2 aromatic rings. The second kappa shape index (κ2) is 9.22. The van der Waals surface area contributed by atoms with Gasteiger partial charge in [0.25, 0.3) is 5.91 Å². The molecule has 3 rings (SSSR count). The Kier molecular flexibility index (Phi) is 6.65. The lowest BCUT2D eigenvalue weighted by atomic mass is 9.82. The Morgan fingerprint density at radius 1 is 1.06 bits per heavy atom. The fourth-order valence-corrected chi connectivity index (χ4v) is 3.85. The summed E-state index contributed by atoms with van der Waals surface area (Å²) >= 11 is 1.50. The van der Waals surface area contributed by atoms with Crippen molar-refractivity contribution in [2.75, 3.05) is 18.6 Å². The Hall–Kier alpha value is -3.33. The van der Waals surface area contributed by atoms with E-state index in [9.17, 15) is 29.4 Å². The van der Waals surface area contributed by atoms with Crippen LogP contribution in [0.5, 0.6) is 11.5 Å². The van der Waals surface area contributed by atoms with E-state index in [0.29, 0.717) is 12.2 Å². The minimum absolute atomic E-state index is 0.0150. The highest BCUT2D eigenvalue weighted by Crippen LogP contribution is 2.37. The minimum atomic E-state index is -0.895. The molecule has 31 heavy (non-hydrogen) atoms. The average molecular weight is 443 g/mol. The normalized spacial score (nSPS) is 13.2. The highest BCUT2D eigenvalue weighted by Gasteiger charge is 2.35. The van der Waals surface area contributed by atoms with E-state index >= 15 is 0 Å². The van der Waals surface area contributed by atoms with Crippen molar-refractivity contribution >= 4 is 35.2 Å². The maximum atomic E-state index is 12.9. The monoisotopic (exact) mass is 443 g/mol. The molecule has 0 radical (unpaired) electrons. The van der Waals surface area contributed by atoms with Gasteiger partial charge in [-0.15, -0.1) is 0 Å². The Balaban J connectivity index is 1.96. The molecule has 3 N–H and O–H groups in total. The molecule has 0 aliphatic heterocycles. The zero-order valence-corrected chi connectivity index (χ0v) is 17.7. The Morgan fingerprint density at radius 3 is 2.45 bits per heavy atom. The number of thioether (sulfide) groups is 1. The molecule has 0 aromatic heterocycles. The van der Waals surface area contributed by atoms with Crippen LogP contribution in [-0.2, 0) is 9.53 Å². The number of carbonyl (C=O) groups excluding carboxylic acids is 4. The van der Waals surface area contributed by atoms with E-state index < -0.39 is 35.2 Å². The van der Waals surface area contributed by atoms with E-state index in [0.717, 1.165) is 6.07 Å². The molecule has 0 unspecified atom stereocenters. The average Bonchev–Trinajstić information content (AvgIpc) is 2.74. The van der Waals surface area contributed by atoms with Crippen molar-refractivity contribution in [1.82, 2.24) is 5.32 Å². The topological polar surface area (TPSA) is 130 Å². The highest BCUT2D eigenvalue weighted by atomic mass is 32.2. The van der Waals surface area contributed by atoms with Crippen LogP contribution < -0.4 is 5.32 Å². The number of hydrogen-bond acceptors (Lipinski definition) is 8. The van der Waals surface area contributed by atoms with E-state index in [4.69, 9.17) is 4.74 Å². The van der Waals surface area contributed by atoms with E-state index in [1.54, 1.807) is 6.92 Å². The number of benzene rings is 2. The van der Waals surface area contributed by atoms with Crippen molar-refractivity contribution in [1.29, 1.82) is 0 Å². The number of esters is 1. The molecule has 1 amide bonds. The maximum Gasteiger partial charge on any atom is 0.328 e. The van der Waals surface area contributed by atoms with Crippen LogP contribution in [0, 0.1) is 0 Å². The summed E-state index contributed by atoms with van der Waals surface area (Å²) in [5.74, 6) is -2.92. The summed E-state index contributed by atoms with van der Waals surface area (Å²) in [5.41, 5.74) is -0.713. The number of phenolic OH excluding ortho intramolecular Hbond substituents is 2. The van der Waals surface area contributed by atoms with Crippen LogP contribution in [0.25, 0.3) is 0 Å². The number of aromatic hydroxyl groups is 2. The first kappa shape index (κ1) is 22.4. The summed E-state index contributed by atoms with van der Waals surface area (Å²) < 4.78 is 5.00. The van der Waals surface area contributed by atoms with Crippen LogP contribution in [0.1, 0.15) is 55.5 Å². The first-order valence-corrected chi connectivity index (χ1v) is 10.9. The first-order chi connectivity index (χ1) is 14.8. The zero-order chi connectivity index (χ0) is 22.7. The SMILES string of the molecule is CCOC(=O)[C@H](CCSC)NC(=O)c1cc(O)c2c(c1)C(=O)c1cccc(O)c1C2=O. The second-order valence-electron chi connectivity index (χ2n) is 6.84. The molecule has 162 valence electrons. The molecule has 0 saturated carbocycles. The molecule has 1 aliphatic rings. The first-order valence-electron chi connectivity index (χ1n) is 9.54. The zero-order valence-electron chi connectivity index (χ0n) is 16.9. The number of amides is 1. The van der Waals surface area contributed by atoms with Crippen molar-refractivity contribution in [3.8, 4) is 11.5 Å². The highest BCUT2D eigenvalue weighted by molar-refractivity contribution is 7.98.